The first kappa shape index (κ1) is 10.2. The Morgan fingerprint density at radius 3 is 2.62 bits per heavy atom. The Balaban J connectivity index is 1.94. The highest BCUT2D eigenvalue weighted by atomic mass is 15.2. The van der Waals surface area contributed by atoms with Crippen molar-refractivity contribution in [3.8, 4) is 0 Å². The molecule has 1 saturated heterocycles. The Hall–Kier alpha value is -1.02. The first-order chi connectivity index (χ1) is 7.68. The lowest BCUT2D eigenvalue weighted by atomic mass is 9.87. The van der Waals surface area contributed by atoms with Gasteiger partial charge >= 0.3 is 0 Å². The molecule has 2 fully saturated rings. The molecule has 2 aliphatic rings. The van der Waals surface area contributed by atoms with Gasteiger partial charge in [-0.1, -0.05) is 19.1 Å². The van der Waals surface area contributed by atoms with E-state index >= 15 is 0 Å². The smallest absolute Gasteiger partial charge is 0.0316 e. The highest BCUT2D eigenvalue weighted by Crippen LogP contribution is 2.65. The molecule has 0 amide bonds. The number of anilines is 1. The van der Waals surface area contributed by atoms with Gasteiger partial charge in [-0.2, -0.15) is 0 Å². The van der Waals surface area contributed by atoms with Crippen LogP contribution in [-0.4, -0.2) is 25.0 Å². The monoisotopic (exact) mass is 216 g/mol. The largest absolute Gasteiger partial charge is 0.399 e. The first-order valence-corrected chi connectivity index (χ1v) is 6.23. The predicted molar refractivity (Wildman–Crippen MR) is 67.3 cm³/mol. The van der Waals surface area contributed by atoms with Crippen LogP contribution in [0.1, 0.15) is 18.9 Å². The van der Waals surface area contributed by atoms with E-state index < -0.39 is 0 Å². The van der Waals surface area contributed by atoms with Crippen molar-refractivity contribution in [1.82, 2.24) is 4.90 Å². The molecule has 0 aromatic heterocycles. The second-order valence-electron chi connectivity index (χ2n) is 5.45. The average molecular weight is 216 g/mol. The van der Waals surface area contributed by atoms with Crippen LogP contribution in [0.3, 0.4) is 0 Å². The fourth-order valence-electron chi connectivity index (χ4n) is 3.92. The lowest BCUT2D eigenvalue weighted by molar-refractivity contribution is 0.320. The maximum absolute atomic E-state index is 5.91. The van der Waals surface area contributed by atoms with Crippen LogP contribution < -0.4 is 5.73 Å². The molecule has 2 atom stereocenters. The molecule has 0 spiro atoms. The van der Waals surface area contributed by atoms with Gasteiger partial charge in [-0.25, -0.2) is 0 Å². The lowest BCUT2D eigenvalue weighted by Gasteiger charge is -2.24. The minimum atomic E-state index is 0.446. The number of nitrogens with two attached hydrogens (primary N) is 1. The summed E-state index contributed by atoms with van der Waals surface area (Å²) in [7, 11) is 2.23. The normalized spacial score (nSPS) is 37.4. The van der Waals surface area contributed by atoms with Crippen molar-refractivity contribution in [2.24, 2.45) is 11.8 Å². The molecule has 1 aromatic carbocycles. The van der Waals surface area contributed by atoms with E-state index in [9.17, 15) is 0 Å². The average Bonchev–Trinajstić information content (AvgIpc) is 2.66. The van der Waals surface area contributed by atoms with Crippen molar-refractivity contribution < 1.29 is 0 Å². The number of rotatable bonds is 2. The fraction of sp³-hybridized carbons (Fsp3) is 0.571. The van der Waals surface area contributed by atoms with Crippen LogP contribution in [0.25, 0.3) is 0 Å². The summed E-state index contributed by atoms with van der Waals surface area (Å²) in [6.07, 6.45) is 1.25. The van der Waals surface area contributed by atoms with Crippen molar-refractivity contribution in [1.29, 1.82) is 0 Å². The van der Waals surface area contributed by atoms with Gasteiger partial charge in [0.2, 0.25) is 0 Å². The highest BCUT2D eigenvalue weighted by molar-refractivity contribution is 5.48. The molecule has 2 heteroatoms. The third kappa shape index (κ3) is 1.17. The van der Waals surface area contributed by atoms with Crippen LogP contribution >= 0.6 is 0 Å². The van der Waals surface area contributed by atoms with Crippen molar-refractivity contribution in [3.63, 3.8) is 0 Å². The first-order valence-electron chi connectivity index (χ1n) is 6.23. The van der Waals surface area contributed by atoms with Gasteiger partial charge in [0.25, 0.3) is 0 Å². The number of nitrogens with zero attached hydrogens (tertiary/aromatic N) is 1. The maximum atomic E-state index is 5.91. The molecule has 1 saturated carbocycles. The summed E-state index contributed by atoms with van der Waals surface area (Å²) < 4.78 is 0. The zero-order valence-electron chi connectivity index (χ0n) is 10.1. The lowest BCUT2D eigenvalue weighted by Crippen LogP contribution is -2.27. The topological polar surface area (TPSA) is 29.3 Å². The van der Waals surface area contributed by atoms with E-state index in [1.807, 2.05) is 6.07 Å². The SMILES string of the molecule is CCC1(c2cccc(N)c2)C2CN(C)CC21. The Kier molecular flexibility index (Phi) is 2.05. The highest BCUT2D eigenvalue weighted by Gasteiger charge is 2.66. The van der Waals surface area contributed by atoms with Gasteiger partial charge < -0.3 is 10.6 Å². The summed E-state index contributed by atoms with van der Waals surface area (Å²) >= 11 is 0. The van der Waals surface area contributed by atoms with Crippen molar-refractivity contribution >= 4 is 5.69 Å². The van der Waals surface area contributed by atoms with Crippen LogP contribution in [0.2, 0.25) is 0 Å². The molecule has 3 rings (SSSR count). The predicted octanol–water partition coefficient (Wildman–Crippen LogP) is 2.11. The standard InChI is InChI=1S/C14H20N2/c1-3-14(10-5-4-6-11(15)7-10)12-8-16(2)9-13(12)14/h4-7,12-13H,3,8-9,15H2,1-2H3. The summed E-state index contributed by atoms with van der Waals surface area (Å²) in [5.74, 6) is 1.73. The second kappa shape index (κ2) is 3.24. The second-order valence-corrected chi connectivity index (χ2v) is 5.45. The van der Waals surface area contributed by atoms with Crippen molar-refractivity contribution in [2.75, 3.05) is 25.9 Å². The molecule has 1 aromatic rings. The molecule has 16 heavy (non-hydrogen) atoms. The van der Waals surface area contributed by atoms with Gasteiger partial charge in [-0.15, -0.1) is 0 Å². The van der Waals surface area contributed by atoms with Crippen LogP contribution in [0, 0.1) is 11.8 Å². The minimum absolute atomic E-state index is 0.446. The van der Waals surface area contributed by atoms with E-state index in [0.717, 1.165) is 17.5 Å². The molecule has 1 aliphatic heterocycles. The van der Waals surface area contributed by atoms with E-state index in [4.69, 9.17) is 5.73 Å². The zero-order valence-corrected chi connectivity index (χ0v) is 10.1. The van der Waals surface area contributed by atoms with Crippen molar-refractivity contribution in [3.05, 3.63) is 29.8 Å². The number of hydrogen-bond acceptors (Lipinski definition) is 2. The third-order valence-corrected chi connectivity index (χ3v) is 4.73. The summed E-state index contributed by atoms with van der Waals surface area (Å²) in [6, 6.07) is 8.52. The molecule has 2 unspecified atom stereocenters. The molecule has 86 valence electrons. The summed E-state index contributed by atoms with van der Waals surface area (Å²) in [5.41, 5.74) is 8.73. The Morgan fingerprint density at radius 2 is 2.06 bits per heavy atom. The number of fused-ring (bicyclic) bond motifs is 1. The van der Waals surface area contributed by atoms with Crippen LogP contribution in [0.4, 0.5) is 5.69 Å². The molecule has 0 radical (unpaired) electrons. The Morgan fingerprint density at radius 1 is 1.38 bits per heavy atom. The Labute approximate surface area is 97.4 Å². The van der Waals surface area contributed by atoms with Crippen LogP contribution in [0.15, 0.2) is 24.3 Å². The molecular weight excluding hydrogens is 196 g/mol. The van der Waals surface area contributed by atoms with Crippen molar-refractivity contribution in [2.45, 2.75) is 18.8 Å². The van der Waals surface area contributed by atoms with Gasteiger partial charge in [0.1, 0.15) is 0 Å². The van der Waals surface area contributed by atoms with E-state index in [0.29, 0.717) is 5.41 Å². The minimum Gasteiger partial charge on any atom is -0.399 e. The fourth-order valence-corrected chi connectivity index (χ4v) is 3.92. The molecule has 2 N–H and O–H groups in total. The molecule has 0 bridgehead atoms. The maximum Gasteiger partial charge on any atom is 0.0316 e. The quantitative estimate of drug-likeness (QED) is 0.767. The van der Waals surface area contributed by atoms with Gasteiger partial charge in [0.05, 0.1) is 0 Å². The van der Waals surface area contributed by atoms with E-state index in [1.165, 1.54) is 25.1 Å². The number of hydrogen-bond donors (Lipinski definition) is 1. The van der Waals surface area contributed by atoms with Gasteiger partial charge in [-0.05, 0) is 43.0 Å². The summed E-state index contributed by atoms with van der Waals surface area (Å²) in [6.45, 7) is 4.84. The van der Waals surface area contributed by atoms with E-state index in [-0.39, 0.29) is 0 Å². The van der Waals surface area contributed by atoms with E-state index in [2.05, 4.69) is 37.1 Å². The van der Waals surface area contributed by atoms with Crippen LogP contribution in [-0.2, 0) is 5.41 Å². The number of likely N-dealkylation sites (tertiary alicyclic amines) is 1. The number of benzene rings is 1. The third-order valence-electron chi connectivity index (χ3n) is 4.73. The van der Waals surface area contributed by atoms with Gasteiger partial charge in [0.15, 0.2) is 0 Å². The summed E-state index contributed by atoms with van der Waals surface area (Å²) in [5, 5.41) is 0. The number of nitrogen functional groups attached to an aromatic ring is 1. The molecule has 1 heterocycles. The number of piperidine rings is 1. The molecule has 2 nitrogen and oxygen atoms in total. The van der Waals surface area contributed by atoms with Gasteiger partial charge in [-0.3, -0.25) is 0 Å². The Bertz CT molecular complexity index is 401. The van der Waals surface area contributed by atoms with E-state index in [1.54, 1.807) is 0 Å². The molecule has 1 aliphatic carbocycles. The molecular formula is C14H20N2. The zero-order chi connectivity index (χ0) is 11.3. The van der Waals surface area contributed by atoms with Crippen LogP contribution in [0.5, 0.6) is 0 Å². The summed E-state index contributed by atoms with van der Waals surface area (Å²) in [4.78, 5) is 2.45. The van der Waals surface area contributed by atoms with Gasteiger partial charge in [0, 0.05) is 24.2 Å².